The zero-order valence-electron chi connectivity index (χ0n) is 31.2. The van der Waals surface area contributed by atoms with Crippen molar-refractivity contribution >= 4 is 27.9 Å². The molecule has 5 fully saturated rings. The first-order chi connectivity index (χ1) is 21.9. The summed E-state index contributed by atoms with van der Waals surface area (Å²) in [6, 6.07) is 0. The predicted molar refractivity (Wildman–Crippen MR) is 187 cm³/mol. The molecule has 272 valence electrons. The van der Waals surface area contributed by atoms with E-state index in [9.17, 15) is 27.9 Å². The molecule has 0 aromatic rings. The first kappa shape index (κ1) is 37.4. The molecule has 0 aromatic heterocycles. The lowest BCUT2D eigenvalue weighted by Crippen LogP contribution is -2.67. The van der Waals surface area contributed by atoms with E-state index in [2.05, 4.69) is 52.8 Å². The summed E-state index contributed by atoms with van der Waals surface area (Å²) in [7, 11) is -3.61. The third-order valence-electron chi connectivity index (χ3n) is 15.5. The van der Waals surface area contributed by atoms with Gasteiger partial charge in [0.05, 0.1) is 19.1 Å². The number of allylic oxidation sites excluding steroid dienone is 1. The van der Waals surface area contributed by atoms with E-state index in [4.69, 9.17) is 4.74 Å². The quantitative estimate of drug-likeness (QED) is 0.186. The molecular weight excluding hydrogens is 626 g/mol. The van der Waals surface area contributed by atoms with Crippen molar-refractivity contribution in [2.24, 2.45) is 62.1 Å². The van der Waals surface area contributed by atoms with Crippen LogP contribution in [0.1, 0.15) is 139 Å². The van der Waals surface area contributed by atoms with Gasteiger partial charge in [-0.3, -0.25) is 19.1 Å². The fourth-order valence-electron chi connectivity index (χ4n) is 13.4. The molecule has 0 saturated heterocycles. The van der Waals surface area contributed by atoms with Gasteiger partial charge in [0.25, 0.3) is 0 Å². The SMILES string of the molecule is C=C(C)[C@@H]1CC[C@]2(CC(=O)NS(C)(=O)=O)CC[C@]3(C)[C@H](CCC4[C@@]5(C)CC[C@H](OC(=O)CC(C)(C)CC(=O)O)C(C)(C)C5CC[C@]43C)C12. The number of esters is 1. The summed E-state index contributed by atoms with van der Waals surface area (Å²) in [5.74, 6) is 0.473. The molecule has 3 unspecified atom stereocenters. The van der Waals surface area contributed by atoms with Crippen molar-refractivity contribution in [2.45, 2.75) is 145 Å². The molecule has 9 heteroatoms. The Morgan fingerprint density at radius 2 is 1.54 bits per heavy atom. The van der Waals surface area contributed by atoms with E-state index in [0.717, 1.165) is 70.5 Å². The molecule has 0 heterocycles. The Bertz CT molecular complexity index is 1450. The summed E-state index contributed by atoms with van der Waals surface area (Å²) in [4.78, 5) is 37.7. The largest absolute Gasteiger partial charge is 0.481 e. The lowest BCUT2D eigenvalue weighted by atomic mass is 9.32. The number of fused-ring (bicyclic) bond motifs is 7. The second kappa shape index (κ2) is 12.1. The first-order valence-electron chi connectivity index (χ1n) is 18.5. The van der Waals surface area contributed by atoms with Crippen molar-refractivity contribution < 1.29 is 32.6 Å². The number of hydrogen-bond donors (Lipinski definition) is 2. The van der Waals surface area contributed by atoms with Crippen LogP contribution in [0.3, 0.4) is 0 Å². The van der Waals surface area contributed by atoms with Crippen molar-refractivity contribution in [1.29, 1.82) is 0 Å². The fourth-order valence-corrected chi connectivity index (χ4v) is 13.9. The molecule has 0 aromatic carbocycles. The minimum absolute atomic E-state index is 0.0696. The van der Waals surface area contributed by atoms with Gasteiger partial charge in [-0.25, -0.2) is 8.42 Å². The first-order valence-corrected chi connectivity index (χ1v) is 20.4. The maximum absolute atomic E-state index is 13.2. The smallest absolute Gasteiger partial charge is 0.306 e. The molecule has 5 aliphatic carbocycles. The number of sulfonamides is 1. The Balaban J connectivity index is 1.40. The predicted octanol–water partition coefficient (Wildman–Crippen LogP) is 7.91. The molecule has 1 amide bonds. The van der Waals surface area contributed by atoms with Gasteiger partial charge < -0.3 is 9.84 Å². The third kappa shape index (κ3) is 6.18. The highest BCUT2D eigenvalue weighted by Gasteiger charge is 2.71. The molecule has 10 atom stereocenters. The molecule has 48 heavy (non-hydrogen) atoms. The molecule has 0 aliphatic heterocycles. The summed E-state index contributed by atoms with van der Waals surface area (Å²) in [6.45, 7) is 22.4. The van der Waals surface area contributed by atoms with Crippen LogP contribution < -0.4 is 4.72 Å². The number of nitrogens with one attached hydrogen (secondary N) is 1. The average molecular weight is 690 g/mol. The number of rotatable bonds is 9. The number of aliphatic carboxylic acids is 1. The van der Waals surface area contributed by atoms with Crippen LogP contribution in [-0.2, 0) is 29.1 Å². The van der Waals surface area contributed by atoms with Crippen LogP contribution in [0.2, 0.25) is 0 Å². The Labute approximate surface area is 290 Å². The van der Waals surface area contributed by atoms with Crippen LogP contribution in [0.5, 0.6) is 0 Å². The van der Waals surface area contributed by atoms with Crippen molar-refractivity contribution in [3.63, 3.8) is 0 Å². The lowest BCUT2D eigenvalue weighted by molar-refractivity contribution is -0.250. The van der Waals surface area contributed by atoms with Gasteiger partial charge in [0.15, 0.2) is 0 Å². The van der Waals surface area contributed by atoms with Gasteiger partial charge in [0, 0.05) is 11.8 Å². The molecular formula is C39H63NO7S. The summed E-state index contributed by atoms with van der Waals surface area (Å²) < 4.78 is 32.5. The van der Waals surface area contributed by atoms with Gasteiger partial charge in [-0.15, -0.1) is 0 Å². The van der Waals surface area contributed by atoms with Gasteiger partial charge in [-0.1, -0.05) is 60.6 Å². The fraction of sp³-hybridized carbons (Fsp3) is 0.872. The van der Waals surface area contributed by atoms with E-state index in [1.165, 1.54) is 5.57 Å². The Kier molecular flexibility index (Phi) is 9.43. The monoisotopic (exact) mass is 689 g/mol. The molecule has 5 saturated carbocycles. The molecule has 5 rings (SSSR count). The van der Waals surface area contributed by atoms with Crippen molar-refractivity contribution in [3.05, 3.63) is 12.2 Å². The Morgan fingerprint density at radius 3 is 2.15 bits per heavy atom. The van der Waals surface area contributed by atoms with Crippen molar-refractivity contribution in [3.8, 4) is 0 Å². The summed E-state index contributed by atoms with van der Waals surface area (Å²) in [5, 5.41) is 9.30. The lowest BCUT2D eigenvalue weighted by Gasteiger charge is -2.73. The molecule has 2 N–H and O–H groups in total. The van der Waals surface area contributed by atoms with E-state index in [1.807, 2.05) is 13.8 Å². The summed E-state index contributed by atoms with van der Waals surface area (Å²) in [5.41, 5.74) is 0.438. The van der Waals surface area contributed by atoms with Gasteiger partial charge in [-0.05, 0) is 128 Å². The number of ether oxygens (including phenoxy) is 1. The van der Waals surface area contributed by atoms with Crippen LogP contribution in [0.25, 0.3) is 0 Å². The second-order valence-electron chi connectivity index (χ2n) is 19.3. The maximum Gasteiger partial charge on any atom is 0.306 e. The van der Waals surface area contributed by atoms with Crippen LogP contribution in [0, 0.1) is 62.1 Å². The maximum atomic E-state index is 13.2. The normalized spacial score (nSPS) is 41.9. The molecule has 0 radical (unpaired) electrons. The van der Waals surface area contributed by atoms with Crippen molar-refractivity contribution in [2.75, 3.05) is 6.26 Å². The van der Waals surface area contributed by atoms with E-state index in [1.54, 1.807) is 0 Å². The second-order valence-corrected chi connectivity index (χ2v) is 21.0. The van der Waals surface area contributed by atoms with Gasteiger partial charge in [0.1, 0.15) is 6.10 Å². The number of carboxylic acid groups (broad SMARTS) is 1. The topological polar surface area (TPSA) is 127 Å². The minimum atomic E-state index is -3.61. The standard InChI is InChI=1S/C39H63NO7S/c1-24(2)25-13-18-39(21-30(41)40-48(10,45)46)20-19-37(8)26(33(25)39)11-12-28-36(7)16-15-29(35(5,6)27(36)14-17-38(28,37)9)47-32(44)23-34(3,4)22-31(42)43/h25-29,33H,1,11-23H2,2-10H3,(H,40,41)(H,42,43)/t25-,26+,27?,28?,29-,33?,36-,37+,38+,39+/m0/s1. The number of carboxylic acids is 1. The zero-order valence-corrected chi connectivity index (χ0v) is 32.0. The minimum Gasteiger partial charge on any atom is -0.481 e. The van der Waals surface area contributed by atoms with E-state index in [-0.39, 0.29) is 64.3 Å². The summed E-state index contributed by atoms with van der Waals surface area (Å²) >= 11 is 0. The van der Waals surface area contributed by atoms with Gasteiger partial charge in [0.2, 0.25) is 15.9 Å². The zero-order chi connectivity index (χ0) is 35.9. The van der Waals surface area contributed by atoms with Crippen LogP contribution in [0.4, 0.5) is 0 Å². The molecule has 5 aliphatic rings. The van der Waals surface area contributed by atoms with E-state index in [0.29, 0.717) is 29.6 Å². The highest BCUT2D eigenvalue weighted by Crippen LogP contribution is 2.78. The third-order valence-corrected chi connectivity index (χ3v) is 16.1. The van der Waals surface area contributed by atoms with Gasteiger partial charge in [-0.2, -0.15) is 0 Å². The van der Waals surface area contributed by atoms with Crippen molar-refractivity contribution in [1.82, 2.24) is 4.72 Å². The number of carbonyl (C=O) groups is 3. The highest BCUT2D eigenvalue weighted by atomic mass is 32.2. The summed E-state index contributed by atoms with van der Waals surface area (Å²) in [6.07, 6.45) is 11.4. The van der Waals surface area contributed by atoms with Crippen LogP contribution in [-0.4, -0.2) is 43.7 Å². The molecule has 8 nitrogen and oxygen atoms in total. The number of amides is 1. The highest BCUT2D eigenvalue weighted by molar-refractivity contribution is 7.89. The Morgan fingerprint density at radius 1 is 0.875 bits per heavy atom. The Hall–Kier alpha value is -1.90. The van der Waals surface area contributed by atoms with E-state index < -0.39 is 21.4 Å². The molecule has 0 spiro atoms. The van der Waals surface area contributed by atoms with E-state index >= 15 is 0 Å². The average Bonchev–Trinajstić information content (AvgIpc) is 3.28. The number of hydrogen-bond acceptors (Lipinski definition) is 6. The number of carbonyl (C=O) groups excluding carboxylic acids is 2. The van der Waals surface area contributed by atoms with Crippen LogP contribution in [0.15, 0.2) is 12.2 Å². The van der Waals surface area contributed by atoms with Gasteiger partial charge >= 0.3 is 11.9 Å². The molecule has 0 bridgehead atoms. The van der Waals surface area contributed by atoms with Crippen LogP contribution >= 0.6 is 0 Å².